The zero-order chi connectivity index (χ0) is 10.8. The van der Waals surface area contributed by atoms with Gasteiger partial charge in [0.15, 0.2) is 0 Å². The lowest BCUT2D eigenvalue weighted by Gasteiger charge is -2.43. The number of ketones is 1. The average Bonchev–Trinajstić information content (AvgIpc) is 2.19. The first kappa shape index (κ1) is 11.7. The molecule has 0 amide bonds. The molecular formula is C13H24O. The molecule has 82 valence electrons. The minimum Gasteiger partial charge on any atom is -0.299 e. The molecule has 0 spiro atoms. The van der Waals surface area contributed by atoms with E-state index in [0.29, 0.717) is 17.1 Å². The standard InChI is InChI=1S/C13H24O/c1-5-6-8-13(4)9-7-12(14)10(2)11(13)3/h10-11H,5-9H2,1-4H3/t10?,11?,13-/m1/s1. The molecule has 14 heavy (non-hydrogen) atoms. The van der Waals surface area contributed by atoms with Crippen LogP contribution in [0.4, 0.5) is 0 Å². The minimum absolute atomic E-state index is 0.283. The maximum atomic E-state index is 11.6. The summed E-state index contributed by atoms with van der Waals surface area (Å²) in [6.07, 6.45) is 5.79. The molecule has 0 aliphatic heterocycles. The first-order chi connectivity index (χ1) is 6.51. The molecule has 1 saturated carbocycles. The number of hydrogen-bond acceptors (Lipinski definition) is 1. The van der Waals surface area contributed by atoms with Crippen molar-refractivity contribution in [2.45, 2.75) is 59.8 Å². The van der Waals surface area contributed by atoms with Gasteiger partial charge in [-0.25, -0.2) is 0 Å². The van der Waals surface area contributed by atoms with E-state index in [4.69, 9.17) is 0 Å². The largest absolute Gasteiger partial charge is 0.299 e. The van der Waals surface area contributed by atoms with Gasteiger partial charge in [-0.3, -0.25) is 4.79 Å². The summed E-state index contributed by atoms with van der Waals surface area (Å²) < 4.78 is 0. The topological polar surface area (TPSA) is 17.1 Å². The average molecular weight is 196 g/mol. The zero-order valence-electron chi connectivity index (χ0n) is 10.1. The second-order valence-corrected chi connectivity index (χ2v) is 5.30. The first-order valence-electron chi connectivity index (χ1n) is 6.04. The summed E-state index contributed by atoms with van der Waals surface area (Å²) in [6.45, 7) is 8.98. The third-order valence-electron chi connectivity index (χ3n) is 4.40. The van der Waals surface area contributed by atoms with Crippen molar-refractivity contribution in [3.8, 4) is 0 Å². The van der Waals surface area contributed by atoms with E-state index in [2.05, 4.69) is 27.7 Å². The molecule has 0 N–H and O–H groups in total. The molecule has 1 nitrogen and oxygen atoms in total. The molecule has 0 saturated heterocycles. The highest BCUT2D eigenvalue weighted by Crippen LogP contribution is 2.45. The first-order valence-corrected chi connectivity index (χ1v) is 6.04. The van der Waals surface area contributed by atoms with Gasteiger partial charge in [0.25, 0.3) is 0 Å². The van der Waals surface area contributed by atoms with Crippen LogP contribution in [0.2, 0.25) is 0 Å². The Hall–Kier alpha value is -0.330. The Bertz CT molecular complexity index is 209. The zero-order valence-corrected chi connectivity index (χ0v) is 10.1. The van der Waals surface area contributed by atoms with Crippen molar-refractivity contribution in [2.75, 3.05) is 0 Å². The van der Waals surface area contributed by atoms with Crippen LogP contribution in [-0.2, 0) is 4.79 Å². The summed E-state index contributed by atoms with van der Waals surface area (Å²) in [4.78, 5) is 11.6. The highest BCUT2D eigenvalue weighted by atomic mass is 16.1. The molecule has 1 aliphatic rings. The fourth-order valence-corrected chi connectivity index (χ4v) is 2.68. The van der Waals surface area contributed by atoms with E-state index in [9.17, 15) is 4.79 Å². The fraction of sp³-hybridized carbons (Fsp3) is 0.923. The summed E-state index contributed by atoms with van der Waals surface area (Å²) in [5, 5.41) is 0. The molecule has 1 fully saturated rings. The maximum absolute atomic E-state index is 11.6. The Labute approximate surface area is 88.3 Å². The van der Waals surface area contributed by atoms with Gasteiger partial charge in [0.1, 0.15) is 5.78 Å². The summed E-state index contributed by atoms with van der Waals surface area (Å²) in [7, 11) is 0. The Morgan fingerprint density at radius 3 is 2.64 bits per heavy atom. The van der Waals surface area contributed by atoms with Gasteiger partial charge >= 0.3 is 0 Å². The number of unbranched alkanes of at least 4 members (excludes halogenated alkanes) is 1. The predicted molar refractivity (Wildman–Crippen MR) is 60.2 cm³/mol. The van der Waals surface area contributed by atoms with Crippen LogP contribution in [0.5, 0.6) is 0 Å². The van der Waals surface area contributed by atoms with Gasteiger partial charge < -0.3 is 0 Å². The van der Waals surface area contributed by atoms with Gasteiger partial charge in [-0.15, -0.1) is 0 Å². The number of rotatable bonds is 3. The lowest BCUT2D eigenvalue weighted by Crippen LogP contribution is -2.39. The van der Waals surface area contributed by atoms with E-state index in [1.165, 1.54) is 19.3 Å². The molecule has 1 heteroatoms. The van der Waals surface area contributed by atoms with Crippen molar-refractivity contribution in [1.82, 2.24) is 0 Å². The second kappa shape index (κ2) is 4.46. The summed E-state index contributed by atoms with van der Waals surface area (Å²) in [5.74, 6) is 1.33. The van der Waals surface area contributed by atoms with Gasteiger partial charge in [-0.1, -0.05) is 40.5 Å². The monoisotopic (exact) mass is 196 g/mol. The van der Waals surface area contributed by atoms with Crippen molar-refractivity contribution < 1.29 is 4.79 Å². The van der Waals surface area contributed by atoms with Gasteiger partial charge in [0, 0.05) is 12.3 Å². The Kier molecular flexibility index (Phi) is 3.74. The normalized spacial score (nSPS) is 38.7. The molecule has 2 unspecified atom stereocenters. The van der Waals surface area contributed by atoms with Crippen LogP contribution in [0.1, 0.15) is 59.8 Å². The predicted octanol–water partition coefficient (Wildman–Crippen LogP) is 3.82. The van der Waals surface area contributed by atoms with Crippen LogP contribution in [0.25, 0.3) is 0 Å². The van der Waals surface area contributed by atoms with Crippen molar-refractivity contribution in [2.24, 2.45) is 17.3 Å². The Morgan fingerprint density at radius 2 is 2.07 bits per heavy atom. The summed E-state index contributed by atoms with van der Waals surface area (Å²) in [5.41, 5.74) is 0.420. The summed E-state index contributed by atoms with van der Waals surface area (Å²) in [6, 6.07) is 0. The SMILES string of the molecule is CCCC[C@]1(C)CCC(=O)C(C)C1C. The third-order valence-corrected chi connectivity index (χ3v) is 4.40. The highest BCUT2D eigenvalue weighted by Gasteiger charge is 2.40. The van der Waals surface area contributed by atoms with Crippen LogP contribution < -0.4 is 0 Å². The van der Waals surface area contributed by atoms with Crippen molar-refractivity contribution in [3.05, 3.63) is 0 Å². The number of carbonyl (C=O) groups excluding carboxylic acids is 1. The number of carbonyl (C=O) groups is 1. The van der Waals surface area contributed by atoms with Crippen molar-refractivity contribution >= 4 is 5.78 Å². The van der Waals surface area contributed by atoms with Gasteiger partial charge in [0.2, 0.25) is 0 Å². The molecule has 0 radical (unpaired) electrons. The molecule has 0 bridgehead atoms. The molecule has 0 aromatic heterocycles. The van der Waals surface area contributed by atoms with E-state index in [-0.39, 0.29) is 5.92 Å². The molecule has 0 heterocycles. The van der Waals surface area contributed by atoms with E-state index in [1.54, 1.807) is 0 Å². The molecule has 1 rings (SSSR count). The second-order valence-electron chi connectivity index (χ2n) is 5.30. The van der Waals surface area contributed by atoms with Crippen LogP contribution in [0.3, 0.4) is 0 Å². The van der Waals surface area contributed by atoms with Crippen molar-refractivity contribution in [3.63, 3.8) is 0 Å². The van der Waals surface area contributed by atoms with E-state index < -0.39 is 0 Å². The quantitative estimate of drug-likeness (QED) is 0.670. The summed E-state index contributed by atoms with van der Waals surface area (Å²) >= 11 is 0. The van der Waals surface area contributed by atoms with Crippen LogP contribution in [0.15, 0.2) is 0 Å². The van der Waals surface area contributed by atoms with Crippen molar-refractivity contribution in [1.29, 1.82) is 0 Å². The van der Waals surface area contributed by atoms with Crippen LogP contribution in [-0.4, -0.2) is 5.78 Å². The number of hydrogen-bond donors (Lipinski definition) is 0. The molecule has 3 atom stereocenters. The Morgan fingerprint density at radius 1 is 1.43 bits per heavy atom. The van der Waals surface area contributed by atoms with Gasteiger partial charge in [-0.2, -0.15) is 0 Å². The van der Waals surface area contributed by atoms with E-state index in [1.807, 2.05) is 0 Å². The molecule has 0 aromatic rings. The molecule has 0 aromatic carbocycles. The maximum Gasteiger partial charge on any atom is 0.136 e. The van der Waals surface area contributed by atoms with Crippen LogP contribution in [0, 0.1) is 17.3 Å². The lowest BCUT2D eigenvalue weighted by molar-refractivity contribution is -0.130. The minimum atomic E-state index is 0.283. The molecule has 1 aliphatic carbocycles. The van der Waals surface area contributed by atoms with Gasteiger partial charge in [0.05, 0.1) is 0 Å². The van der Waals surface area contributed by atoms with E-state index >= 15 is 0 Å². The van der Waals surface area contributed by atoms with Gasteiger partial charge in [-0.05, 0) is 24.2 Å². The lowest BCUT2D eigenvalue weighted by atomic mass is 9.61. The third kappa shape index (κ3) is 2.18. The smallest absolute Gasteiger partial charge is 0.136 e. The number of Topliss-reactive ketones (excluding diaryl/α,β-unsaturated/α-hetero) is 1. The van der Waals surface area contributed by atoms with E-state index in [0.717, 1.165) is 12.8 Å². The fourth-order valence-electron chi connectivity index (χ4n) is 2.68. The Balaban J connectivity index is 2.64. The molecular weight excluding hydrogens is 172 g/mol. The highest BCUT2D eigenvalue weighted by molar-refractivity contribution is 5.81. The van der Waals surface area contributed by atoms with Crippen LogP contribution >= 0.6 is 0 Å².